The third kappa shape index (κ3) is 4.71. The van der Waals surface area contributed by atoms with Crippen molar-refractivity contribution in [2.75, 3.05) is 25.0 Å². The second-order valence-electron chi connectivity index (χ2n) is 8.42. The zero-order chi connectivity index (χ0) is 22.7. The second kappa shape index (κ2) is 9.42. The summed E-state index contributed by atoms with van der Waals surface area (Å²) in [6, 6.07) is 14.0. The Morgan fingerprint density at radius 2 is 1.75 bits per heavy atom. The van der Waals surface area contributed by atoms with Crippen LogP contribution in [0.25, 0.3) is 0 Å². The molecule has 0 bridgehead atoms. The van der Waals surface area contributed by atoms with Crippen molar-refractivity contribution < 1.29 is 18.0 Å². The van der Waals surface area contributed by atoms with Gasteiger partial charge in [0.1, 0.15) is 0 Å². The van der Waals surface area contributed by atoms with Crippen molar-refractivity contribution in [3.05, 3.63) is 59.7 Å². The Morgan fingerprint density at radius 3 is 2.50 bits per heavy atom. The first-order chi connectivity index (χ1) is 15.4. The molecule has 1 atom stereocenters. The maximum Gasteiger partial charge on any atom is 0.243 e. The van der Waals surface area contributed by atoms with Crippen LogP contribution in [0.4, 0.5) is 5.69 Å². The maximum atomic E-state index is 13.0. The van der Waals surface area contributed by atoms with E-state index in [9.17, 15) is 18.0 Å². The highest BCUT2D eigenvalue weighted by Gasteiger charge is 2.31. The van der Waals surface area contributed by atoms with E-state index in [4.69, 9.17) is 0 Å². The molecule has 2 aliphatic heterocycles. The van der Waals surface area contributed by atoms with Crippen LogP contribution in [0.3, 0.4) is 0 Å². The van der Waals surface area contributed by atoms with E-state index in [1.54, 1.807) is 23.1 Å². The van der Waals surface area contributed by atoms with Crippen molar-refractivity contribution in [2.45, 2.75) is 50.0 Å². The Morgan fingerprint density at radius 1 is 1.00 bits per heavy atom. The van der Waals surface area contributed by atoms with E-state index in [0.29, 0.717) is 25.3 Å². The Bertz CT molecular complexity index is 1110. The van der Waals surface area contributed by atoms with Crippen LogP contribution >= 0.6 is 0 Å². The maximum absolute atomic E-state index is 13.0. The lowest BCUT2D eigenvalue weighted by molar-refractivity contribution is -0.132. The minimum Gasteiger partial charge on any atom is -0.335 e. The van der Waals surface area contributed by atoms with Gasteiger partial charge in [-0.2, -0.15) is 4.31 Å². The predicted molar refractivity (Wildman–Crippen MR) is 123 cm³/mol. The van der Waals surface area contributed by atoms with E-state index >= 15 is 0 Å². The van der Waals surface area contributed by atoms with Crippen molar-refractivity contribution in [3.63, 3.8) is 0 Å². The number of carbonyl (C=O) groups excluding carboxylic acids is 2. The summed E-state index contributed by atoms with van der Waals surface area (Å²) >= 11 is 0. The highest BCUT2D eigenvalue weighted by Crippen LogP contribution is 2.32. The molecule has 0 aromatic heterocycles. The molecule has 1 fully saturated rings. The molecule has 2 aromatic rings. The quantitative estimate of drug-likeness (QED) is 0.749. The number of sulfonamides is 1. The van der Waals surface area contributed by atoms with Crippen molar-refractivity contribution in [2.24, 2.45) is 0 Å². The average molecular weight is 456 g/mol. The molecule has 1 N–H and O–H groups in total. The molecule has 8 heteroatoms. The van der Waals surface area contributed by atoms with E-state index in [0.717, 1.165) is 36.8 Å². The summed E-state index contributed by atoms with van der Waals surface area (Å²) in [6.45, 7) is 3.16. The number of anilines is 1. The number of hydrogen-bond acceptors (Lipinski definition) is 4. The molecule has 0 aliphatic carbocycles. The van der Waals surface area contributed by atoms with Crippen LogP contribution in [-0.4, -0.2) is 49.1 Å². The number of rotatable bonds is 5. The SMILES string of the molecule is CC(=O)N1CCc2ccccc2C1CC(=O)Nc1cccc(S(=O)(=O)N2CCCCC2)c1. The van der Waals surface area contributed by atoms with Crippen LogP contribution in [0.1, 0.15) is 49.8 Å². The highest BCUT2D eigenvalue weighted by molar-refractivity contribution is 7.89. The van der Waals surface area contributed by atoms with Gasteiger partial charge in [0.25, 0.3) is 0 Å². The topological polar surface area (TPSA) is 86.8 Å². The number of nitrogens with one attached hydrogen (secondary N) is 1. The summed E-state index contributed by atoms with van der Waals surface area (Å²) in [5.41, 5.74) is 2.58. The normalized spacial score (nSPS) is 19.3. The van der Waals surface area contributed by atoms with E-state index in [1.807, 2.05) is 24.3 Å². The average Bonchev–Trinajstić information content (AvgIpc) is 2.80. The molecular weight excluding hydrogens is 426 g/mol. The Kier molecular flexibility index (Phi) is 6.62. The molecule has 1 saturated heterocycles. The lowest BCUT2D eigenvalue weighted by atomic mass is 9.90. The fourth-order valence-electron chi connectivity index (χ4n) is 4.62. The number of carbonyl (C=O) groups is 2. The Hall–Kier alpha value is -2.71. The summed E-state index contributed by atoms with van der Waals surface area (Å²) in [7, 11) is -3.58. The van der Waals surface area contributed by atoms with Gasteiger partial charge in [-0.25, -0.2) is 8.42 Å². The van der Waals surface area contributed by atoms with Crippen LogP contribution in [0.2, 0.25) is 0 Å². The molecule has 2 aliphatic rings. The first kappa shape index (κ1) is 22.5. The molecule has 2 aromatic carbocycles. The van der Waals surface area contributed by atoms with Gasteiger partial charge in [-0.05, 0) is 48.6 Å². The first-order valence-electron chi connectivity index (χ1n) is 11.1. The lowest BCUT2D eigenvalue weighted by Gasteiger charge is -2.36. The molecule has 1 unspecified atom stereocenters. The molecule has 0 saturated carbocycles. The van der Waals surface area contributed by atoms with Gasteiger partial charge in [0.05, 0.1) is 17.4 Å². The zero-order valence-corrected chi connectivity index (χ0v) is 19.1. The van der Waals surface area contributed by atoms with Gasteiger partial charge in [0.2, 0.25) is 21.8 Å². The van der Waals surface area contributed by atoms with E-state index in [-0.39, 0.29) is 29.2 Å². The summed E-state index contributed by atoms with van der Waals surface area (Å²) in [6.07, 6.45) is 3.66. The standard InChI is InChI=1S/C24H29N3O4S/c1-18(28)27-15-12-19-8-3-4-11-22(19)23(27)17-24(29)25-20-9-7-10-21(16-20)32(30,31)26-13-5-2-6-14-26/h3-4,7-11,16,23H,2,5-6,12-15,17H2,1H3,(H,25,29). The molecule has 4 rings (SSSR count). The largest absolute Gasteiger partial charge is 0.335 e. The van der Waals surface area contributed by atoms with Crippen molar-refractivity contribution >= 4 is 27.5 Å². The highest BCUT2D eigenvalue weighted by atomic mass is 32.2. The Labute approximate surface area is 189 Å². The summed E-state index contributed by atoms with van der Waals surface area (Å²) < 4.78 is 27.4. The number of hydrogen-bond donors (Lipinski definition) is 1. The third-order valence-electron chi connectivity index (χ3n) is 6.27. The van der Waals surface area contributed by atoms with Gasteiger partial charge in [0, 0.05) is 32.2 Å². The number of piperidine rings is 1. The number of fused-ring (bicyclic) bond motifs is 1. The van der Waals surface area contributed by atoms with Crippen LogP contribution in [0.15, 0.2) is 53.4 Å². The van der Waals surface area contributed by atoms with Gasteiger partial charge in [-0.15, -0.1) is 0 Å². The van der Waals surface area contributed by atoms with Crippen LogP contribution in [0, 0.1) is 0 Å². The van der Waals surface area contributed by atoms with Crippen LogP contribution in [0.5, 0.6) is 0 Å². The number of benzene rings is 2. The number of amides is 2. The molecule has 2 amide bonds. The summed E-state index contributed by atoms with van der Waals surface area (Å²) in [5.74, 6) is -0.322. The van der Waals surface area contributed by atoms with Gasteiger partial charge in [0.15, 0.2) is 0 Å². The fraction of sp³-hybridized carbons (Fsp3) is 0.417. The molecule has 0 radical (unpaired) electrons. The molecule has 170 valence electrons. The van der Waals surface area contributed by atoms with Gasteiger partial charge >= 0.3 is 0 Å². The van der Waals surface area contributed by atoms with Crippen LogP contribution in [-0.2, 0) is 26.0 Å². The van der Waals surface area contributed by atoms with Gasteiger partial charge < -0.3 is 10.2 Å². The Balaban J connectivity index is 1.51. The number of nitrogens with zero attached hydrogens (tertiary/aromatic N) is 2. The summed E-state index contributed by atoms with van der Waals surface area (Å²) in [5, 5.41) is 2.84. The monoisotopic (exact) mass is 455 g/mol. The van der Waals surface area contributed by atoms with Crippen molar-refractivity contribution in [3.8, 4) is 0 Å². The van der Waals surface area contributed by atoms with E-state index in [2.05, 4.69) is 5.32 Å². The predicted octanol–water partition coefficient (Wildman–Crippen LogP) is 3.34. The lowest BCUT2D eigenvalue weighted by Crippen LogP contribution is -2.40. The van der Waals surface area contributed by atoms with Crippen molar-refractivity contribution in [1.29, 1.82) is 0 Å². The second-order valence-corrected chi connectivity index (χ2v) is 10.4. The molecule has 0 spiro atoms. The molecular formula is C24H29N3O4S. The van der Waals surface area contributed by atoms with E-state index < -0.39 is 10.0 Å². The molecule has 32 heavy (non-hydrogen) atoms. The van der Waals surface area contributed by atoms with Gasteiger partial charge in [-0.1, -0.05) is 36.8 Å². The van der Waals surface area contributed by atoms with Crippen LogP contribution < -0.4 is 5.32 Å². The van der Waals surface area contributed by atoms with Gasteiger partial charge in [-0.3, -0.25) is 9.59 Å². The molecule has 7 nitrogen and oxygen atoms in total. The smallest absolute Gasteiger partial charge is 0.243 e. The van der Waals surface area contributed by atoms with E-state index in [1.165, 1.54) is 17.3 Å². The first-order valence-corrected chi connectivity index (χ1v) is 12.6. The molecule has 2 heterocycles. The zero-order valence-electron chi connectivity index (χ0n) is 18.3. The minimum absolute atomic E-state index is 0.0630. The minimum atomic E-state index is -3.58. The summed E-state index contributed by atoms with van der Waals surface area (Å²) in [4.78, 5) is 27.0. The third-order valence-corrected chi connectivity index (χ3v) is 8.16. The fourth-order valence-corrected chi connectivity index (χ4v) is 6.19. The van der Waals surface area contributed by atoms with Crippen molar-refractivity contribution in [1.82, 2.24) is 9.21 Å².